The standard InChI is InChI=1S/C17H21NO4/c1-3-22-17(21)11-16(20)14-8-7-13-6-4-5-9-18(12(2)19)15(13)10-14/h7-8,10H,3-6,9,11H2,1-2H3. The fourth-order valence-corrected chi connectivity index (χ4v) is 2.68. The first-order valence-electron chi connectivity index (χ1n) is 7.62. The lowest BCUT2D eigenvalue weighted by Gasteiger charge is -2.21. The van der Waals surface area contributed by atoms with Crippen LogP contribution in [-0.4, -0.2) is 30.8 Å². The van der Waals surface area contributed by atoms with Crippen LogP contribution in [0.25, 0.3) is 0 Å². The van der Waals surface area contributed by atoms with Crippen LogP contribution in [0, 0.1) is 0 Å². The van der Waals surface area contributed by atoms with E-state index in [0.717, 1.165) is 30.5 Å². The number of hydrogen-bond acceptors (Lipinski definition) is 4. The number of carbonyl (C=O) groups excluding carboxylic acids is 3. The van der Waals surface area contributed by atoms with Gasteiger partial charge in [0, 0.05) is 24.7 Å². The van der Waals surface area contributed by atoms with Crippen molar-refractivity contribution in [2.24, 2.45) is 0 Å². The van der Waals surface area contributed by atoms with Gasteiger partial charge >= 0.3 is 5.97 Å². The van der Waals surface area contributed by atoms with Gasteiger partial charge in [-0.3, -0.25) is 14.4 Å². The minimum atomic E-state index is -0.522. The molecule has 1 aliphatic heterocycles. The molecule has 118 valence electrons. The number of ether oxygens (including phenoxy) is 1. The molecule has 0 aliphatic carbocycles. The first-order chi connectivity index (χ1) is 10.5. The van der Waals surface area contributed by atoms with Crippen LogP contribution in [-0.2, 0) is 20.7 Å². The summed E-state index contributed by atoms with van der Waals surface area (Å²) in [6, 6.07) is 5.34. The Morgan fingerprint density at radius 1 is 1.23 bits per heavy atom. The minimum absolute atomic E-state index is 0.0295. The van der Waals surface area contributed by atoms with Crippen molar-refractivity contribution >= 4 is 23.3 Å². The summed E-state index contributed by atoms with van der Waals surface area (Å²) >= 11 is 0. The van der Waals surface area contributed by atoms with Crippen molar-refractivity contribution in [3.63, 3.8) is 0 Å². The molecule has 0 aromatic heterocycles. The second-order valence-electron chi connectivity index (χ2n) is 5.38. The summed E-state index contributed by atoms with van der Waals surface area (Å²) in [4.78, 5) is 37.1. The fourth-order valence-electron chi connectivity index (χ4n) is 2.68. The number of nitrogens with zero attached hydrogens (tertiary/aromatic N) is 1. The Morgan fingerprint density at radius 3 is 2.68 bits per heavy atom. The molecule has 0 saturated carbocycles. The number of amides is 1. The van der Waals surface area contributed by atoms with Crippen molar-refractivity contribution in [1.82, 2.24) is 0 Å². The van der Waals surface area contributed by atoms with Crippen molar-refractivity contribution in [3.05, 3.63) is 29.3 Å². The molecule has 2 rings (SSSR count). The van der Waals surface area contributed by atoms with E-state index in [1.54, 1.807) is 24.0 Å². The number of esters is 1. The second-order valence-corrected chi connectivity index (χ2v) is 5.38. The van der Waals surface area contributed by atoms with Gasteiger partial charge in [0.1, 0.15) is 6.42 Å². The average molecular weight is 303 g/mol. The van der Waals surface area contributed by atoms with E-state index in [2.05, 4.69) is 0 Å². The molecule has 0 N–H and O–H groups in total. The van der Waals surface area contributed by atoms with Crippen molar-refractivity contribution in [3.8, 4) is 0 Å². The molecule has 0 saturated heterocycles. The van der Waals surface area contributed by atoms with Crippen molar-refractivity contribution in [2.45, 2.75) is 39.5 Å². The summed E-state index contributed by atoms with van der Waals surface area (Å²) in [5, 5.41) is 0. The maximum absolute atomic E-state index is 12.2. The quantitative estimate of drug-likeness (QED) is 0.487. The monoisotopic (exact) mass is 303 g/mol. The highest BCUT2D eigenvalue weighted by molar-refractivity contribution is 6.07. The molecule has 1 aliphatic rings. The topological polar surface area (TPSA) is 63.7 Å². The van der Waals surface area contributed by atoms with Gasteiger partial charge in [-0.25, -0.2) is 0 Å². The normalized spacial score (nSPS) is 14.0. The number of fused-ring (bicyclic) bond motifs is 1. The van der Waals surface area contributed by atoms with Crippen molar-refractivity contribution < 1.29 is 19.1 Å². The third-order valence-corrected chi connectivity index (χ3v) is 3.77. The van der Waals surface area contributed by atoms with Crippen molar-refractivity contribution in [1.29, 1.82) is 0 Å². The van der Waals surface area contributed by atoms with Crippen LogP contribution in [0.5, 0.6) is 0 Å². The zero-order chi connectivity index (χ0) is 16.1. The Kier molecular flexibility index (Phi) is 5.31. The Bertz CT molecular complexity index is 594. The number of carbonyl (C=O) groups is 3. The molecular formula is C17H21NO4. The highest BCUT2D eigenvalue weighted by atomic mass is 16.5. The highest BCUT2D eigenvalue weighted by Gasteiger charge is 2.21. The zero-order valence-electron chi connectivity index (χ0n) is 13.1. The predicted octanol–water partition coefficient (Wildman–Crippen LogP) is 2.51. The minimum Gasteiger partial charge on any atom is -0.466 e. The maximum Gasteiger partial charge on any atom is 0.313 e. The highest BCUT2D eigenvalue weighted by Crippen LogP contribution is 2.28. The van der Waals surface area contributed by atoms with E-state index >= 15 is 0 Å². The fraction of sp³-hybridized carbons (Fsp3) is 0.471. The number of hydrogen-bond donors (Lipinski definition) is 0. The van der Waals surface area contributed by atoms with Crippen molar-refractivity contribution in [2.75, 3.05) is 18.1 Å². The summed E-state index contributed by atoms with van der Waals surface area (Å²) in [6.45, 7) is 4.16. The number of aryl methyl sites for hydroxylation is 1. The number of anilines is 1. The predicted molar refractivity (Wildman–Crippen MR) is 83.0 cm³/mol. The summed E-state index contributed by atoms with van der Waals surface area (Å²) < 4.78 is 4.80. The smallest absolute Gasteiger partial charge is 0.313 e. The maximum atomic E-state index is 12.2. The van der Waals surface area contributed by atoms with E-state index in [9.17, 15) is 14.4 Å². The number of benzene rings is 1. The average Bonchev–Trinajstić information content (AvgIpc) is 2.68. The number of Topliss-reactive ketones (excluding diaryl/α,β-unsaturated/α-hetero) is 1. The molecule has 1 aromatic carbocycles. The lowest BCUT2D eigenvalue weighted by molar-refractivity contribution is -0.142. The molecular weight excluding hydrogens is 282 g/mol. The lowest BCUT2D eigenvalue weighted by atomic mass is 10.0. The van der Waals surface area contributed by atoms with Gasteiger partial charge in [0.15, 0.2) is 5.78 Å². The molecule has 1 amide bonds. The Morgan fingerprint density at radius 2 is 2.00 bits per heavy atom. The van der Waals surface area contributed by atoms with Crippen LogP contribution in [0.4, 0.5) is 5.69 Å². The molecule has 0 spiro atoms. The van der Waals surface area contributed by atoms with Gasteiger partial charge in [0.05, 0.1) is 6.61 Å². The van der Waals surface area contributed by atoms with Gasteiger partial charge in [-0.1, -0.05) is 12.1 Å². The summed E-state index contributed by atoms with van der Waals surface area (Å²) in [5.41, 5.74) is 2.31. The lowest BCUT2D eigenvalue weighted by Crippen LogP contribution is -2.29. The largest absolute Gasteiger partial charge is 0.466 e. The van der Waals surface area contributed by atoms with Crippen LogP contribution >= 0.6 is 0 Å². The Balaban J connectivity index is 2.27. The second kappa shape index (κ2) is 7.20. The Hall–Kier alpha value is -2.17. The van der Waals surface area contributed by atoms with E-state index in [-0.39, 0.29) is 24.7 Å². The molecule has 1 heterocycles. The molecule has 5 heteroatoms. The summed E-state index contributed by atoms with van der Waals surface area (Å²) in [5.74, 6) is -0.835. The van der Waals surface area contributed by atoms with Crippen LogP contribution in [0.2, 0.25) is 0 Å². The SMILES string of the molecule is CCOC(=O)CC(=O)c1ccc2c(c1)N(C(C)=O)CCCC2. The van der Waals surface area contributed by atoms with Gasteiger partial charge in [-0.15, -0.1) is 0 Å². The first kappa shape index (κ1) is 16.2. The number of rotatable bonds is 4. The van der Waals surface area contributed by atoms with Gasteiger partial charge in [0.2, 0.25) is 5.91 Å². The zero-order valence-corrected chi connectivity index (χ0v) is 13.1. The van der Waals surface area contributed by atoms with E-state index < -0.39 is 5.97 Å². The molecule has 0 unspecified atom stereocenters. The van der Waals surface area contributed by atoms with Crippen LogP contribution in [0.3, 0.4) is 0 Å². The van der Waals surface area contributed by atoms with E-state index in [4.69, 9.17) is 4.74 Å². The third kappa shape index (κ3) is 3.72. The van der Waals surface area contributed by atoms with Gasteiger partial charge in [-0.05, 0) is 37.8 Å². The van der Waals surface area contributed by atoms with Gasteiger partial charge < -0.3 is 9.64 Å². The molecule has 0 atom stereocenters. The van der Waals surface area contributed by atoms with Crippen LogP contribution in [0.1, 0.15) is 49.0 Å². The third-order valence-electron chi connectivity index (χ3n) is 3.77. The number of ketones is 1. The van der Waals surface area contributed by atoms with Crippen LogP contribution in [0.15, 0.2) is 18.2 Å². The van der Waals surface area contributed by atoms with E-state index in [0.29, 0.717) is 12.1 Å². The van der Waals surface area contributed by atoms with E-state index in [1.807, 2.05) is 6.07 Å². The van der Waals surface area contributed by atoms with Crippen LogP contribution < -0.4 is 4.90 Å². The van der Waals surface area contributed by atoms with Gasteiger partial charge in [-0.2, -0.15) is 0 Å². The first-order valence-corrected chi connectivity index (χ1v) is 7.62. The van der Waals surface area contributed by atoms with Gasteiger partial charge in [0.25, 0.3) is 0 Å². The Labute approximate surface area is 130 Å². The molecule has 0 bridgehead atoms. The molecule has 0 radical (unpaired) electrons. The molecule has 5 nitrogen and oxygen atoms in total. The molecule has 0 fully saturated rings. The summed E-state index contributed by atoms with van der Waals surface area (Å²) in [7, 11) is 0. The molecule has 22 heavy (non-hydrogen) atoms. The molecule has 1 aromatic rings. The van der Waals surface area contributed by atoms with E-state index in [1.165, 1.54) is 6.92 Å². The summed E-state index contributed by atoms with van der Waals surface area (Å²) in [6.07, 6.45) is 2.59.